The lowest BCUT2D eigenvalue weighted by atomic mass is 10.1. The van der Waals surface area contributed by atoms with Crippen LogP contribution < -0.4 is 15.4 Å². The van der Waals surface area contributed by atoms with Crippen molar-refractivity contribution in [2.45, 2.75) is 12.5 Å². The molecule has 0 aliphatic rings. The van der Waals surface area contributed by atoms with Gasteiger partial charge in [-0.2, -0.15) is 0 Å². The molecule has 0 aliphatic carbocycles. The molecule has 142 valence electrons. The van der Waals surface area contributed by atoms with Crippen molar-refractivity contribution in [3.05, 3.63) is 59.8 Å². The number of pyridine rings is 1. The minimum atomic E-state index is -0.897. The van der Waals surface area contributed by atoms with Crippen LogP contribution in [0, 0.1) is 0 Å². The van der Waals surface area contributed by atoms with Crippen molar-refractivity contribution in [2.24, 2.45) is 0 Å². The van der Waals surface area contributed by atoms with Gasteiger partial charge in [-0.15, -0.1) is 0 Å². The molecule has 1 atom stereocenters. The van der Waals surface area contributed by atoms with Crippen molar-refractivity contribution >= 4 is 17.8 Å². The van der Waals surface area contributed by atoms with Gasteiger partial charge < -0.3 is 20.1 Å². The number of aromatic nitrogens is 1. The van der Waals surface area contributed by atoms with Gasteiger partial charge in [0.05, 0.1) is 20.8 Å². The number of carbonyl (C=O) groups is 3. The Balaban J connectivity index is 1.93. The molecule has 2 rings (SSSR count). The molecule has 0 bridgehead atoms. The third-order valence-electron chi connectivity index (χ3n) is 3.71. The highest BCUT2D eigenvalue weighted by molar-refractivity contribution is 5.96. The number of ether oxygens (including phenoxy) is 2. The van der Waals surface area contributed by atoms with Crippen LogP contribution in [0.25, 0.3) is 0 Å². The molecular weight excluding hydrogens is 350 g/mol. The van der Waals surface area contributed by atoms with Gasteiger partial charge in [-0.05, 0) is 17.7 Å². The molecule has 0 saturated heterocycles. The molecule has 8 heteroatoms. The van der Waals surface area contributed by atoms with Crippen LogP contribution >= 0.6 is 0 Å². The molecular formula is C19H21N3O5. The van der Waals surface area contributed by atoms with Gasteiger partial charge in [-0.1, -0.05) is 24.3 Å². The maximum atomic E-state index is 12.1. The Morgan fingerprint density at radius 3 is 2.41 bits per heavy atom. The summed E-state index contributed by atoms with van der Waals surface area (Å²) in [6.07, 6.45) is 1.75. The minimum Gasteiger partial charge on any atom is -0.481 e. The van der Waals surface area contributed by atoms with Crippen molar-refractivity contribution in [3.8, 4) is 5.88 Å². The number of rotatable bonds is 8. The van der Waals surface area contributed by atoms with Crippen LogP contribution in [0.15, 0.2) is 48.7 Å². The number of amides is 2. The Morgan fingerprint density at radius 2 is 1.81 bits per heavy atom. The average molecular weight is 371 g/mol. The SMILES string of the molecule is COC(=O)[C@H](Cc1ccc(OC)nc1)NC(=O)CNC(=O)c1ccccc1. The summed E-state index contributed by atoms with van der Waals surface area (Å²) >= 11 is 0. The van der Waals surface area contributed by atoms with Crippen LogP contribution in [-0.4, -0.2) is 49.6 Å². The van der Waals surface area contributed by atoms with Crippen LogP contribution in [0.1, 0.15) is 15.9 Å². The molecule has 2 aromatic rings. The largest absolute Gasteiger partial charge is 0.481 e. The summed E-state index contributed by atoms with van der Waals surface area (Å²) in [5.41, 5.74) is 1.17. The fourth-order valence-electron chi connectivity index (χ4n) is 2.32. The molecule has 0 spiro atoms. The predicted molar refractivity (Wildman–Crippen MR) is 97.2 cm³/mol. The van der Waals surface area contributed by atoms with E-state index in [-0.39, 0.29) is 18.9 Å². The summed E-state index contributed by atoms with van der Waals surface area (Å²) in [4.78, 5) is 40.1. The lowest BCUT2D eigenvalue weighted by Gasteiger charge is -2.17. The monoisotopic (exact) mass is 371 g/mol. The molecule has 8 nitrogen and oxygen atoms in total. The summed E-state index contributed by atoms with van der Waals surface area (Å²) in [5, 5.41) is 5.07. The highest BCUT2D eigenvalue weighted by atomic mass is 16.5. The third kappa shape index (κ3) is 6.10. The Morgan fingerprint density at radius 1 is 1.07 bits per heavy atom. The van der Waals surface area contributed by atoms with Gasteiger partial charge in [-0.3, -0.25) is 9.59 Å². The van der Waals surface area contributed by atoms with Crippen molar-refractivity contribution < 1.29 is 23.9 Å². The van der Waals surface area contributed by atoms with Crippen LogP contribution in [-0.2, 0) is 20.7 Å². The highest BCUT2D eigenvalue weighted by Crippen LogP contribution is 2.09. The molecule has 0 fully saturated rings. The molecule has 1 aromatic heterocycles. The number of carbonyl (C=O) groups excluding carboxylic acids is 3. The Kier molecular flexibility index (Phi) is 7.30. The minimum absolute atomic E-state index is 0.196. The fraction of sp³-hybridized carbons (Fsp3) is 0.263. The first-order chi connectivity index (χ1) is 13.0. The number of hydrogen-bond acceptors (Lipinski definition) is 6. The Hall–Kier alpha value is -3.42. The summed E-state index contributed by atoms with van der Waals surface area (Å²) in [5.74, 6) is -1.02. The molecule has 0 unspecified atom stereocenters. The van der Waals surface area contributed by atoms with E-state index in [1.54, 1.807) is 48.7 Å². The van der Waals surface area contributed by atoms with E-state index < -0.39 is 17.9 Å². The molecule has 0 saturated carbocycles. The zero-order valence-corrected chi connectivity index (χ0v) is 15.1. The van der Waals surface area contributed by atoms with Gasteiger partial charge in [0, 0.05) is 24.2 Å². The number of hydrogen-bond donors (Lipinski definition) is 2. The average Bonchev–Trinajstić information content (AvgIpc) is 2.72. The molecule has 0 radical (unpaired) electrons. The molecule has 0 aliphatic heterocycles. The molecule has 2 amide bonds. The van der Waals surface area contributed by atoms with E-state index in [1.807, 2.05) is 0 Å². The summed E-state index contributed by atoms with van der Waals surface area (Å²) < 4.78 is 9.72. The van der Waals surface area contributed by atoms with Crippen molar-refractivity contribution in [1.82, 2.24) is 15.6 Å². The highest BCUT2D eigenvalue weighted by Gasteiger charge is 2.22. The van der Waals surface area contributed by atoms with Gasteiger partial charge in [0.2, 0.25) is 11.8 Å². The van der Waals surface area contributed by atoms with Gasteiger partial charge in [0.1, 0.15) is 6.04 Å². The molecule has 1 aromatic carbocycles. The Labute approximate surface area is 156 Å². The maximum Gasteiger partial charge on any atom is 0.328 e. The van der Waals surface area contributed by atoms with Crippen LogP contribution in [0.2, 0.25) is 0 Å². The van der Waals surface area contributed by atoms with Crippen molar-refractivity contribution in [3.63, 3.8) is 0 Å². The quantitative estimate of drug-likeness (QED) is 0.662. The second-order valence-corrected chi connectivity index (χ2v) is 5.60. The third-order valence-corrected chi connectivity index (χ3v) is 3.71. The van der Waals surface area contributed by atoms with Gasteiger partial charge in [-0.25, -0.2) is 9.78 Å². The normalized spacial score (nSPS) is 11.2. The Bertz CT molecular complexity index is 778. The number of methoxy groups -OCH3 is 2. The predicted octanol–water partition coefficient (Wildman–Crippen LogP) is 0.721. The topological polar surface area (TPSA) is 107 Å². The number of benzene rings is 1. The zero-order valence-electron chi connectivity index (χ0n) is 15.1. The maximum absolute atomic E-state index is 12.1. The number of nitrogens with zero attached hydrogens (tertiary/aromatic N) is 1. The lowest BCUT2D eigenvalue weighted by Crippen LogP contribution is -2.47. The second-order valence-electron chi connectivity index (χ2n) is 5.60. The first-order valence-electron chi connectivity index (χ1n) is 8.23. The summed E-state index contributed by atoms with van der Waals surface area (Å²) in [7, 11) is 2.74. The first-order valence-corrected chi connectivity index (χ1v) is 8.23. The van der Waals surface area contributed by atoms with E-state index in [9.17, 15) is 14.4 Å². The van der Waals surface area contributed by atoms with Gasteiger partial charge in [0.15, 0.2) is 0 Å². The van der Waals surface area contributed by atoms with E-state index in [0.717, 1.165) is 5.56 Å². The van der Waals surface area contributed by atoms with E-state index >= 15 is 0 Å². The van der Waals surface area contributed by atoms with Crippen molar-refractivity contribution in [1.29, 1.82) is 0 Å². The van der Waals surface area contributed by atoms with Crippen LogP contribution in [0.3, 0.4) is 0 Å². The lowest BCUT2D eigenvalue weighted by molar-refractivity contribution is -0.144. The van der Waals surface area contributed by atoms with Crippen LogP contribution in [0.4, 0.5) is 0 Å². The smallest absolute Gasteiger partial charge is 0.328 e. The number of nitrogens with one attached hydrogen (secondary N) is 2. The molecule has 27 heavy (non-hydrogen) atoms. The summed E-state index contributed by atoms with van der Waals surface area (Å²) in [6.45, 7) is -0.262. The molecule has 2 N–H and O–H groups in total. The van der Waals surface area contributed by atoms with E-state index in [4.69, 9.17) is 9.47 Å². The van der Waals surface area contributed by atoms with E-state index in [0.29, 0.717) is 11.4 Å². The van der Waals surface area contributed by atoms with Crippen LogP contribution in [0.5, 0.6) is 5.88 Å². The van der Waals surface area contributed by atoms with E-state index in [2.05, 4.69) is 15.6 Å². The van der Waals surface area contributed by atoms with Crippen molar-refractivity contribution in [2.75, 3.05) is 20.8 Å². The van der Waals surface area contributed by atoms with Gasteiger partial charge in [0.25, 0.3) is 5.91 Å². The standard InChI is InChI=1S/C19H21N3O5/c1-26-17-9-8-13(11-20-17)10-15(19(25)27-2)22-16(23)12-21-18(24)14-6-4-3-5-7-14/h3-9,11,15H,10,12H2,1-2H3,(H,21,24)(H,22,23)/t15-/m0/s1. The van der Waals surface area contributed by atoms with E-state index in [1.165, 1.54) is 14.2 Å². The molecule has 1 heterocycles. The summed E-state index contributed by atoms with van der Waals surface area (Å²) in [6, 6.07) is 11.0. The first kappa shape index (κ1) is 19.9. The fourth-order valence-corrected chi connectivity index (χ4v) is 2.32. The zero-order chi connectivity index (χ0) is 19.6. The van der Waals surface area contributed by atoms with Gasteiger partial charge >= 0.3 is 5.97 Å². The number of esters is 1. The second kappa shape index (κ2) is 9.91.